The van der Waals surface area contributed by atoms with E-state index >= 15 is 0 Å². The molecule has 1 aliphatic heterocycles. The fourth-order valence-electron chi connectivity index (χ4n) is 4.58. The van der Waals surface area contributed by atoms with Gasteiger partial charge in [0, 0.05) is 29.6 Å². The van der Waals surface area contributed by atoms with E-state index in [2.05, 4.69) is 28.2 Å². The van der Waals surface area contributed by atoms with E-state index in [1.54, 1.807) is 11.0 Å². The van der Waals surface area contributed by atoms with Crippen molar-refractivity contribution in [3.8, 4) is 11.1 Å². The Bertz CT molecular complexity index is 1380. The van der Waals surface area contributed by atoms with Crippen molar-refractivity contribution in [2.24, 2.45) is 0 Å². The number of H-pyrrole nitrogens is 1. The second-order valence-electron chi connectivity index (χ2n) is 7.82. The molecule has 5 nitrogen and oxygen atoms in total. The molecular formula is C23H17N3O2. The second kappa shape index (κ2) is 5.07. The number of likely N-dealkylation sites (N-methyl/N-ethyl adjacent to an activating group) is 1. The van der Waals surface area contributed by atoms with E-state index in [0.29, 0.717) is 0 Å². The average molecular weight is 367 g/mol. The Labute approximate surface area is 160 Å². The van der Waals surface area contributed by atoms with E-state index in [-0.39, 0.29) is 16.9 Å². The molecule has 136 valence electrons. The number of hydrogen-bond donors (Lipinski definition) is 1. The fourth-order valence-corrected chi connectivity index (χ4v) is 4.58. The molecule has 1 N–H and O–H groups in total. The van der Waals surface area contributed by atoms with Crippen LogP contribution in [0.25, 0.3) is 32.9 Å². The molecule has 4 aromatic rings. The number of nitrogens with zero attached hydrogens (tertiary/aromatic N) is 2. The van der Waals surface area contributed by atoms with Crippen LogP contribution in [0.2, 0.25) is 0 Å². The third-order valence-corrected chi connectivity index (χ3v) is 6.21. The molecule has 0 radical (unpaired) electrons. The molecule has 2 aromatic carbocycles. The first-order valence-electron chi connectivity index (χ1n) is 9.42. The van der Waals surface area contributed by atoms with Crippen molar-refractivity contribution in [2.45, 2.75) is 18.3 Å². The fraction of sp³-hybridized carbons (Fsp3) is 0.174. The molecule has 0 atom stereocenters. The Morgan fingerprint density at radius 1 is 1.00 bits per heavy atom. The minimum Gasteiger partial charge on any atom is -0.322 e. The van der Waals surface area contributed by atoms with Crippen molar-refractivity contribution in [3.63, 3.8) is 0 Å². The first kappa shape index (κ1) is 15.6. The summed E-state index contributed by atoms with van der Waals surface area (Å²) in [5.41, 5.74) is 5.52. The predicted octanol–water partition coefficient (Wildman–Crippen LogP) is 3.75. The number of pyridine rings is 2. The summed E-state index contributed by atoms with van der Waals surface area (Å²) in [4.78, 5) is 33.5. The lowest BCUT2D eigenvalue weighted by atomic mass is 9.92. The van der Waals surface area contributed by atoms with Crippen LogP contribution in [0.3, 0.4) is 0 Å². The Kier molecular flexibility index (Phi) is 2.82. The van der Waals surface area contributed by atoms with Crippen LogP contribution in [0.4, 0.5) is 5.69 Å². The lowest BCUT2D eigenvalue weighted by Gasteiger charge is -2.11. The van der Waals surface area contributed by atoms with Crippen LogP contribution in [-0.4, -0.2) is 22.9 Å². The Balaban J connectivity index is 1.58. The minimum atomic E-state index is -0.341. The van der Waals surface area contributed by atoms with Gasteiger partial charge in [0.2, 0.25) is 11.5 Å². The number of benzene rings is 2. The lowest BCUT2D eigenvalue weighted by Crippen LogP contribution is -2.28. The van der Waals surface area contributed by atoms with Gasteiger partial charge >= 0.3 is 0 Å². The van der Waals surface area contributed by atoms with Gasteiger partial charge in [0.05, 0.1) is 22.8 Å². The number of carbonyl (C=O) groups is 1. The number of nitrogens with one attached hydrogen (secondary N) is 1. The van der Waals surface area contributed by atoms with Crippen LogP contribution in [0.15, 0.2) is 59.5 Å². The van der Waals surface area contributed by atoms with Crippen LogP contribution in [0.5, 0.6) is 0 Å². The summed E-state index contributed by atoms with van der Waals surface area (Å²) >= 11 is 0. The standard InChI is InChI=1S/C23H17N3O2/c1-26-19-12-24-18-6-3-14(11-16(18)21(19)23(8-9-23)22(26)28)13-2-5-17-15(10-13)4-7-20(27)25-17/h2-7,10-12H,8-9H2,1H3,(H,25,27). The molecule has 6 rings (SSSR count). The zero-order chi connectivity index (χ0) is 19.0. The zero-order valence-corrected chi connectivity index (χ0v) is 15.3. The van der Waals surface area contributed by atoms with Gasteiger partial charge in [-0.3, -0.25) is 14.6 Å². The van der Waals surface area contributed by atoms with Crippen LogP contribution < -0.4 is 10.5 Å². The maximum Gasteiger partial charge on any atom is 0.248 e. The molecular weight excluding hydrogens is 350 g/mol. The summed E-state index contributed by atoms with van der Waals surface area (Å²) in [6, 6.07) is 15.7. The number of hydrogen-bond acceptors (Lipinski definition) is 3. The summed E-state index contributed by atoms with van der Waals surface area (Å²) in [6.45, 7) is 0. The SMILES string of the molecule is CN1C(=O)C2(CC2)c2c1cnc1ccc(-c3ccc4[nH]c(=O)ccc4c3)cc21. The predicted molar refractivity (Wildman–Crippen MR) is 110 cm³/mol. The third-order valence-electron chi connectivity index (χ3n) is 6.21. The van der Waals surface area contributed by atoms with E-state index in [1.165, 1.54) is 0 Å². The summed E-state index contributed by atoms with van der Waals surface area (Å²) in [5.74, 6) is 0.192. The molecule has 1 saturated carbocycles. The van der Waals surface area contributed by atoms with Gasteiger partial charge < -0.3 is 9.88 Å². The van der Waals surface area contributed by atoms with Gasteiger partial charge in [-0.25, -0.2) is 0 Å². The van der Waals surface area contributed by atoms with E-state index in [1.807, 2.05) is 37.5 Å². The van der Waals surface area contributed by atoms with E-state index < -0.39 is 0 Å². The Morgan fingerprint density at radius 2 is 1.79 bits per heavy atom. The highest BCUT2D eigenvalue weighted by molar-refractivity contribution is 6.14. The van der Waals surface area contributed by atoms with Crippen LogP contribution >= 0.6 is 0 Å². The van der Waals surface area contributed by atoms with Crippen molar-refractivity contribution in [1.29, 1.82) is 0 Å². The summed E-state index contributed by atoms with van der Waals surface area (Å²) < 4.78 is 0. The molecule has 5 heteroatoms. The maximum atomic E-state index is 12.8. The quantitative estimate of drug-likeness (QED) is 0.557. The first-order valence-corrected chi connectivity index (χ1v) is 9.42. The maximum absolute atomic E-state index is 12.8. The van der Waals surface area contributed by atoms with Gasteiger partial charge in [-0.05, 0) is 59.7 Å². The van der Waals surface area contributed by atoms with E-state index in [4.69, 9.17) is 0 Å². The normalized spacial score (nSPS) is 16.9. The monoisotopic (exact) mass is 367 g/mol. The van der Waals surface area contributed by atoms with Gasteiger partial charge in [0.1, 0.15) is 0 Å². The molecule has 1 spiro atoms. The number of aromatic amines is 1. The van der Waals surface area contributed by atoms with Crippen molar-refractivity contribution in [1.82, 2.24) is 9.97 Å². The molecule has 2 aliphatic rings. The number of anilines is 1. The molecule has 0 unspecified atom stereocenters. The smallest absolute Gasteiger partial charge is 0.248 e. The second-order valence-corrected chi connectivity index (χ2v) is 7.82. The number of aromatic nitrogens is 2. The molecule has 2 aromatic heterocycles. The van der Waals surface area contributed by atoms with Gasteiger partial charge in [-0.15, -0.1) is 0 Å². The van der Waals surface area contributed by atoms with Gasteiger partial charge in [-0.1, -0.05) is 12.1 Å². The lowest BCUT2D eigenvalue weighted by molar-refractivity contribution is -0.119. The number of rotatable bonds is 1. The molecule has 1 fully saturated rings. The summed E-state index contributed by atoms with van der Waals surface area (Å²) in [7, 11) is 1.84. The van der Waals surface area contributed by atoms with Crippen LogP contribution in [-0.2, 0) is 10.2 Å². The number of amides is 1. The van der Waals surface area contributed by atoms with Crippen molar-refractivity contribution in [3.05, 3.63) is 70.6 Å². The molecule has 1 amide bonds. The largest absolute Gasteiger partial charge is 0.322 e. The summed E-state index contributed by atoms with van der Waals surface area (Å²) in [6.07, 6.45) is 3.65. The highest BCUT2D eigenvalue weighted by atomic mass is 16.2. The van der Waals surface area contributed by atoms with E-state index in [0.717, 1.165) is 57.0 Å². The molecule has 0 saturated heterocycles. The molecule has 28 heavy (non-hydrogen) atoms. The minimum absolute atomic E-state index is 0.101. The van der Waals surface area contributed by atoms with E-state index in [9.17, 15) is 9.59 Å². The third kappa shape index (κ3) is 1.93. The van der Waals surface area contributed by atoms with Crippen molar-refractivity contribution >= 4 is 33.4 Å². The van der Waals surface area contributed by atoms with Crippen molar-refractivity contribution in [2.75, 3.05) is 11.9 Å². The van der Waals surface area contributed by atoms with Crippen LogP contribution in [0.1, 0.15) is 18.4 Å². The van der Waals surface area contributed by atoms with Gasteiger partial charge in [0.25, 0.3) is 0 Å². The molecule has 3 heterocycles. The Hall–Kier alpha value is -3.47. The molecule has 1 aliphatic carbocycles. The zero-order valence-electron chi connectivity index (χ0n) is 15.3. The van der Waals surface area contributed by atoms with Gasteiger partial charge in [0.15, 0.2) is 0 Å². The number of fused-ring (bicyclic) bond motifs is 5. The highest BCUT2D eigenvalue weighted by Crippen LogP contribution is 2.58. The average Bonchev–Trinajstić information content (AvgIpc) is 3.49. The number of carbonyl (C=O) groups excluding carboxylic acids is 1. The highest BCUT2D eigenvalue weighted by Gasteiger charge is 2.59. The summed E-state index contributed by atoms with van der Waals surface area (Å²) in [5, 5.41) is 2.05. The van der Waals surface area contributed by atoms with Crippen LogP contribution in [0, 0.1) is 0 Å². The molecule has 0 bridgehead atoms. The van der Waals surface area contributed by atoms with Gasteiger partial charge in [-0.2, -0.15) is 0 Å². The topological polar surface area (TPSA) is 66.1 Å². The Morgan fingerprint density at radius 3 is 2.61 bits per heavy atom. The first-order chi connectivity index (χ1) is 13.6. The van der Waals surface area contributed by atoms with Crippen molar-refractivity contribution < 1.29 is 4.79 Å².